The monoisotopic (exact) mass is 364 g/mol. The molecular weight excluding hydrogens is 344 g/mol. The molecule has 0 atom stereocenters. The van der Waals surface area contributed by atoms with Crippen LogP contribution in [0, 0.1) is 6.92 Å². The summed E-state index contributed by atoms with van der Waals surface area (Å²) in [5, 5.41) is 2.64. The Hall–Kier alpha value is -1.56. The number of anilines is 1. The van der Waals surface area contributed by atoms with Gasteiger partial charge in [-0.05, 0) is 30.7 Å². The second-order valence-electron chi connectivity index (χ2n) is 5.41. The maximum atomic E-state index is 6.23. The van der Waals surface area contributed by atoms with Gasteiger partial charge in [-0.2, -0.15) is 0 Å². The number of furan rings is 1. The van der Waals surface area contributed by atoms with Gasteiger partial charge in [-0.1, -0.05) is 31.5 Å². The molecule has 0 aliphatic carbocycles. The van der Waals surface area contributed by atoms with Crippen LogP contribution in [-0.2, 0) is 4.74 Å². The second kappa shape index (κ2) is 7.55. The summed E-state index contributed by atoms with van der Waals surface area (Å²) in [5.41, 5.74) is 3.15. The third kappa shape index (κ3) is 3.29. The molecule has 128 valence electrons. The Morgan fingerprint density at radius 3 is 2.71 bits per heavy atom. The molecule has 3 aromatic rings. The Labute approximate surface area is 151 Å². The van der Waals surface area contributed by atoms with Crippen molar-refractivity contribution in [2.24, 2.45) is 0 Å². The van der Waals surface area contributed by atoms with E-state index in [2.05, 4.69) is 22.7 Å². The number of aryl methyl sites for hydroxylation is 1. The molecule has 0 amide bonds. The Balaban J connectivity index is 0.000000815. The van der Waals surface area contributed by atoms with Crippen LogP contribution in [0.15, 0.2) is 40.0 Å². The first kappa shape index (κ1) is 17.3. The lowest BCUT2D eigenvalue weighted by molar-refractivity contribution is -0.00133. The number of halogens is 1. The van der Waals surface area contributed by atoms with Crippen molar-refractivity contribution in [2.75, 3.05) is 17.9 Å². The summed E-state index contributed by atoms with van der Waals surface area (Å²) in [4.78, 5) is 3.22. The molecule has 24 heavy (non-hydrogen) atoms. The molecule has 4 nitrogen and oxygen atoms in total. The Kier molecular flexibility index (Phi) is 5.43. The standard InChI is InChI=1S/C16H15ClN2O2S.C2H6/c1-9-2-3-12(16-15(9)11(17)6-18-16)19-22-14-5-4-13(21-14)10-7-20-8-10;1-2/h2-6,10,18-19H,7-8H2,1H3;1-2H3. The number of ether oxygens (including phenoxy) is 1. The molecule has 2 aromatic heterocycles. The van der Waals surface area contributed by atoms with Crippen LogP contribution in [0.2, 0.25) is 5.02 Å². The summed E-state index contributed by atoms with van der Waals surface area (Å²) < 4.78 is 14.4. The zero-order valence-corrected chi connectivity index (χ0v) is 15.6. The van der Waals surface area contributed by atoms with E-state index in [0.717, 1.165) is 51.2 Å². The van der Waals surface area contributed by atoms with Crippen molar-refractivity contribution in [2.45, 2.75) is 31.8 Å². The minimum absolute atomic E-state index is 0.405. The van der Waals surface area contributed by atoms with E-state index in [1.165, 1.54) is 11.9 Å². The molecule has 3 heterocycles. The molecule has 0 radical (unpaired) electrons. The van der Waals surface area contributed by atoms with Crippen molar-refractivity contribution < 1.29 is 9.15 Å². The minimum atomic E-state index is 0.405. The van der Waals surface area contributed by atoms with Gasteiger partial charge in [0, 0.05) is 23.5 Å². The second-order valence-corrected chi connectivity index (χ2v) is 6.63. The Bertz CT molecular complexity index is 824. The normalized spacial score (nSPS) is 14.2. The van der Waals surface area contributed by atoms with Crippen molar-refractivity contribution in [3.63, 3.8) is 0 Å². The zero-order valence-electron chi connectivity index (χ0n) is 14.0. The van der Waals surface area contributed by atoms with Gasteiger partial charge in [0.2, 0.25) is 0 Å². The zero-order chi connectivity index (χ0) is 17.1. The molecule has 2 N–H and O–H groups in total. The van der Waals surface area contributed by atoms with Crippen LogP contribution in [0.5, 0.6) is 0 Å². The van der Waals surface area contributed by atoms with Crippen LogP contribution in [-0.4, -0.2) is 18.2 Å². The molecule has 0 bridgehead atoms. The van der Waals surface area contributed by atoms with E-state index in [-0.39, 0.29) is 0 Å². The first-order chi connectivity index (χ1) is 11.7. The van der Waals surface area contributed by atoms with E-state index in [0.29, 0.717) is 5.92 Å². The van der Waals surface area contributed by atoms with Crippen LogP contribution in [0.25, 0.3) is 10.9 Å². The Morgan fingerprint density at radius 2 is 2.00 bits per heavy atom. The molecule has 4 rings (SSSR count). The van der Waals surface area contributed by atoms with Crippen molar-refractivity contribution in [3.8, 4) is 0 Å². The summed E-state index contributed by atoms with van der Waals surface area (Å²) in [6, 6.07) is 8.11. The van der Waals surface area contributed by atoms with Gasteiger partial charge in [0.25, 0.3) is 0 Å². The van der Waals surface area contributed by atoms with Crippen molar-refractivity contribution in [1.82, 2.24) is 4.98 Å². The molecule has 1 aromatic carbocycles. The maximum Gasteiger partial charge on any atom is 0.180 e. The molecule has 1 fully saturated rings. The first-order valence-electron chi connectivity index (χ1n) is 8.09. The number of benzene rings is 1. The number of aromatic nitrogens is 1. The summed E-state index contributed by atoms with van der Waals surface area (Å²) in [5.74, 6) is 1.40. The van der Waals surface area contributed by atoms with Crippen molar-refractivity contribution in [1.29, 1.82) is 0 Å². The third-order valence-electron chi connectivity index (χ3n) is 3.90. The van der Waals surface area contributed by atoms with Gasteiger partial charge >= 0.3 is 0 Å². The van der Waals surface area contributed by atoms with Gasteiger partial charge in [-0.15, -0.1) is 0 Å². The highest BCUT2D eigenvalue weighted by Crippen LogP contribution is 2.35. The summed E-state index contributed by atoms with van der Waals surface area (Å²) in [6.45, 7) is 7.56. The number of hydrogen-bond donors (Lipinski definition) is 2. The van der Waals surface area contributed by atoms with Crippen LogP contribution < -0.4 is 4.72 Å². The molecule has 1 saturated heterocycles. The maximum absolute atomic E-state index is 6.23. The molecule has 1 aliphatic rings. The predicted octanol–water partition coefficient (Wildman–Crippen LogP) is 5.98. The smallest absolute Gasteiger partial charge is 0.180 e. The topological polar surface area (TPSA) is 50.2 Å². The fraction of sp³-hybridized carbons (Fsp3) is 0.333. The van der Waals surface area contributed by atoms with Gasteiger partial charge < -0.3 is 18.9 Å². The number of aromatic amines is 1. The number of H-pyrrole nitrogens is 1. The van der Waals surface area contributed by atoms with Crippen LogP contribution in [0.3, 0.4) is 0 Å². The van der Waals surface area contributed by atoms with E-state index >= 15 is 0 Å². The fourth-order valence-corrected chi connectivity index (χ4v) is 3.52. The average Bonchev–Trinajstić information content (AvgIpc) is 3.15. The average molecular weight is 365 g/mol. The van der Waals surface area contributed by atoms with Crippen LogP contribution >= 0.6 is 23.5 Å². The van der Waals surface area contributed by atoms with E-state index in [1.807, 2.05) is 38.2 Å². The summed E-state index contributed by atoms with van der Waals surface area (Å²) in [7, 11) is 0. The van der Waals surface area contributed by atoms with Gasteiger partial charge in [0.15, 0.2) is 5.09 Å². The molecule has 0 saturated carbocycles. The lowest BCUT2D eigenvalue weighted by Crippen LogP contribution is -2.24. The largest absolute Gasteiger partial charge is 0.453 e. The van der Waals surface area contributed by atoms with Crippen LogP contribution in [0.1, 0.15) is 31.1 Å². The van der Waals surface area contributed by atoms with Gasteiger partial charge in [-0.25, -0.2) is 0 Å². The van der Waals surface area contributed by atoms with Gasteiger partial charge in [0.05, 0.1) is 35.4 Å². The number of hydrogen-bond acceptors (Lipinski definition) is 4. The minimum Gasteiger partial charge on any atom is -0.453 e. The molecule has 6 heteroatoms. The van der Waals surface area contributed by atoms with Gasteiger partial charge in [-0.3, -0.25) is 0 Å². The third-order valence-corrected chi connectivity index (χ3v) is 4.94. The lowest BCUT2D eigenvalue weighted by Gasteiger charge is -2.23. The summed E-state index contributed by atoms with van der Waals surface area (Å²) >= 11 is 7.69. The van der Waals surface area contributed by atoms with E-state index < -0.39 is 0 Å². The van der Waals surface area contributed by atoms with Crippen molar-refractivity contribution >= 4 is 40.1 Å². The molecule has 1 aliphatic heterocycles. The van der Waals surface area contributed by atoms with E-state index in [4.69, 9.17) is 20.8 Å². The van der Waals surface area contributed by atoms with E-state index in [9.17, 15) is 0 Å². The fourth-order valence-electron chi connectivity index (χ4n) is 2.57. The molecule has 0 unspecified atom stereocenters. The predicted molar refractivity (Wildman–Crippen MR) is 101 cm³/mol. The highest BCUT2D eigenvalue weighted by Gasteiger charge is 2.23. The quantitative estimate of drug-likeness (QED) is 0.559. The SMILES string of the molecule is CC.Cc1ccc(NSc2ccc(C3COC3)o2)c2[nH]cc(Cl)c12. The van der Waals surface area contributed by atoms with Gasteiger partial charge in [0.1, 0.15) is 5.76 Å². The highest BCUT2D eigenvalue weighted by molar-refractivity contribution is 8.00. The highest BCUT2D eigenvalue weighted by atomic mass is 35.5. The van der Waals surface area contributed by atoms with Crippen molar-refractivity contribution in [3.05, 3.63) is 46.8 Å². The number of fused-ring (bicyclic) bond motifs is 1. The molecule has 0 spiro atoms. The lowest BCUT2D eigenvalue weighted by atomic mass is 10.1. The Morgan fingerprint density at radius 1 is 1.21 bits per heavy atom. The van der Waals surface area contributed by atoms with Crippen LogP contribution in [0.4, 0.5) is 5.69 Å². The number of rotatable bonds is 4. The number of nitrogens with one attached hydrogen (secondary N) is 2. The first-order valence-corrected chi connectivity index (χ1v) is 9.28. The summed E-state index contributed by atoms with van der Waals surface area (Å²) in [6.07, 6.45) is 1.82. The van der Waals surface area contributed by atoms with E-state index in [1.54, 1.807) is 0 Å². The molecular formula is C18H21ClN2O2S.